The Bertz CT molecular complexity index is 207. The largest absolute Gasteiger partial charge is 0.345 e. The third kappa shape index (κ3) is 5.80. The highest BCUT2D eigenvalue weighted by atomic mass is 16.7. The van der Waals surface area contributed by atoms with Crippen molar-refractivity contribution in [1.82, 2.24) is 0 Å². The average Bonchev–Trinajstić information content (AvgIpc) is 2.11. The zero-order valence-corrected chi connectivity index (χ0v) is 7.81. The third-order valence-electron chi connectivity index (χ3n) is 1.14. The number of rotatable bonds is 3. The van der Waals surface area contributed by atoms with Crippen LogP contribution in [0.15, 0.2) is 0 Å². The van der Waals surface area contributed by atoms with Gasteiger partial charge in [0.1, 0.15) is 0 Å². The van der Waals surface area contributed by atoms with E-state index in [4.69, 9.17) is 9.47 Å². The minimum atomic E-state index is -0.457. The van der Waals surface area contributed by atoms with Gasteiger partial charge in [0.05, 0.1) is 0 Å². The van der Waals surface area contributed by atoms with E-state index < -0.39 is 6.29 Å². The molecule has 0 radical (unpaired) electrons. The van der Waals surface area contributed by atoms with E-state index in [1.54, 1.807) is 14.2 Å². The molecule has 0 amide bonds. The van der Waals surface area contributed by atoms with Crippen molar-refractivity contribution in [2.24, 2.45) is 0 Å². The first-order chi connectivity index (χ1) is 5.85. The van der Waals surface area contributed by atoms with Crippen molar-refractivity contribution in [3.8, 4) is 23.7 Å². The van der Waals surface area contributed by atoms with Gasteiger partial charge in [0, 0.05) is 20.6 Å². The molecule has 66 valence electrons. The molecule has 0 rings (SSSR count). The van der Waals surface area contributed by atoms with Gasteiger partial charge in [0.2, 0.25) is 6.29 Å². The molecule has 0 aliphatic heterocycles. The summed E-state index contributed by atoms with van der Waals surface area (Å²) in [6.45, 7) is 2.08. The van der Waals surface area contributed by atoms with Crippen LogP contribution in [0, 0.1) is 23.7 Å². The molecule has 2 nitrogen and oxygen atoms in total. The molecule has 0 aromatic carbocycles. The number of methoxy groups -OCH3 is 2. The minimum Gasteiger partial charge on any atom is -0.345 e. The Morgan fingerprint density at radius 2 is 1.83 bits per heavy atom. The molecule has 0 fully saturated rings. The third-order valence-corrected chi connectivity index (χ3v) is 1.14. The van der Waals surface area contributed by atoms with Crippen LogP contribution >= 0.6 is 0 Å². The standard InChI is InChI=1S/C10H14O2/c1-4-5-6-7-8-9-10(11-2)12-3/h10H,4-5H2,1-3H3. The molecule has 12 heavy (non-hydrogen) atoms. The summed E-state index contributed by atoms with van der Waals surface area (Å²) in [5.41, 5.74) is 0. The van der Waals surface area contributed by atoms with E-state index in [9.17, 15) is 0 Å². The highest BCUT2D eigenvalue weighted by molar-refractivity contribution is 5.26. The number of unbranched alkanes of at least 4 members (excludes halogenated alkanes) is 1. The molecule has 0 N–H and O–H groups in total. The molecule has 0 spiro atoms. The highest BCUT2D eigenvalue weighted by Crippen LogP contribution is 1.85. The molecule has 0 heterocycles. The van der Waals surface area contributed by atoms with Gasteiger partial charge in [-0.2, -0.15) is 0 Å². The van der Waals surface area contributed by atoms with Crippen LogP contribution in [0.3, 0.4) is 0 Å². The van der Waals surface area contributed by atoms with E-state index in [1.165, 1.54) is 0 Å². The van der Waals surface area contributed by atoms with Crippen LogP contribution in [-0.2, 0) is 9.47 Å². The van der Waals surface area contributed by atoms with E-state index >= 15 is 0 Å². The maximum atomic E-state index is 4.84. The van der Waals surface area contributed by atoms with Gasteiger partial charge in [-0.25, -0.2) is 0 Å². The first-order valence-corrected chi connectivity index (χ1v) is 3.89. The first kappa shape index (κ1) is 11.0. The molecule has 0 aromatic rings. The predicted octanol–water partition coefficient (Wildman–Crippen LogP) is 1.41. The quantitative estimate of drug-likeness (QED) is 0.466. The van der Waals surface area contributed by atoms with Crippen LogP contribution in [0.1, 0.15) is 19.8 Å². The van der Waals surface area contributed by atoms with E-state index in [0.29, 0.717) is 0 Å². The molecule has 0 saturated carbocycles. The SMILES string of the molecule is CCCC#CC#CC(OC)OC. The lowest BCUT2D eigenvalue weighted by Gasteiger charge is -2.02. The Morgan fingerprint density at radius 3 is 2.33 bits per heavy atom. The zero-order valence-electron chi connectivity index (χ0n) is 7.81. The fourth-order valence-corrected chi connectivity index (χ4v) is 0.541. The lowest BCUT2D eigenvalue weighted by molar-refractivity contribution is -0.0595. The molecule has 0 bridgehead atoms. The van der Waals surface area contributed by atoms with E-state index in [0.717, 1.165) is 12.8 Å². The molecule has 0 aliphatic carbocycles. The van der Waals surface area contributed by atoms with Crippen molar-refractivity contribution in [1.29, 1.82) is 0 Å². The molecule has 0 aromatic heterocycles. The summed E-state index contributed by atoms with van der Waals surface area (Å²) >= 11 is 0. The molecule has 2 heteroatoms. The highest BCUT2D eigenvalue weighted by Gasteiger charge is 1.94. The monoisotopic (exact) mass is 166 g/mol. The summed E-state index contributed by atoms with van der Waals surface area (Å²) < 4.78 is 9.68. The van der Waals surface area contributed by atoms with Crippen LogP contribution in [0.25, 0.3) is 0 Å². The normalized spacial score (nSPS) is 8.33. The van der Waals surface area contributed by atoms with Crippen LogP contribution in [0.5, 0.6) is 0 Å². The Balaban J connectivity index is 3.79. The van der Waals surface area contributed by atoms with Crippen LogP contribution in [0.4, 0.5) is 0 Å². The van der Waals surface area contributed by atoms with Crippen LogP contribution in [0.2, 0.25) is 0 Å². The van der Waals surface area contributed by atoms with Crippen molar-refractivity contribution in [3.63, 3.8) is 0 Å². The van der Waals surface area contributed by atoms with Crippen molar-refractivity contribution >= 4 is 0 Å². The first-order valence-electron chi connectivity index (χ1n) is 3.89. The summed E-state index contributed by atoms with van der Waals surface area (Å²) in [7, 11) is 3.09. The van der Waals surface area contributed by atoms with E-state index in [2.05, 4.69) is 30.6 Å². The summed E-state index contributed by atoms with van der Waals surface area (Å²) in [4.78, 5) is 0. The van der Waals surface area contributed by atoms with Gasteiger partial charge in [0.25, 0.3) is 0 Å². The lowest BCUT2D eigenvalue weighted by Crippen LogP contribution is -2.08. The summed E-state index contributed by atoms with van der Waals surface area (Å²) in [6.07, 6.45) is 1.49. The fraction of sp³-hybridized carbons (Fsp3) is 0.600. The van der Waals surface area contributed by atoms with Crippen LogP contribution < -0.4 is 0 Å². The van der Waals surface area contributed by atoms with Crippen molar-refractivity contribution in [3.05, 3.63) is 0 Å². The second kappa shape index (κ2) is 8.14. The Morgan fingerprint density at radius 1 is 1.17 bits per heavy atom. The minimum absolute atomic E-state index is 0.457. The summed E-state index contributed by atoms with van der Waals surface area (Å²) in [6, 6.07) is 0. The fourth-order valence-electron chi connectivity index (χ4n) is 0.541. The molecule has 0 aliphatic rings. The van der Waals surface area contributed by atoms with Gasteiger partial charge in [0.15, 0.2) is 0 Å². The summed E-state index contributed by atoms with van der Waals surface area (Å²) in [5.74, 6) is 11.0. The topological polar surface area (TPSA) is 18.5 Å². The molecule has 0 atom stereocenters. The predicted molar refractivity (Wildman–Crippen MR) is 48.3 cm³/mol. The maximum absolute atomic E-state index is 4.84. The Kier molecular flexibility index (Phi) is 7.49. The smallest absolute Gasteiger partial charge is 0.222 e. The van der Waals surface area contributed by atoms with Crippen molar-refractivity contribution in [2.45, 2.75) is 26.1 Å². The van der Waals surface area contributed by atoms with Gasteiger partial charge >= 0.3 is 0 Å². The van der Waals surface area contributed by atoms with Crippen molar-refractivity contribution < 1.29 is 9.47 Å². The summed E-state index contributed by atoms with van der Waals surface area (Å²) in [5, 5.41) is 0. The van der Waals surface area contributed by atoms with E-state index in [1.807, 2.05) is 0 Å². The lowest BCUT2D eigenvalue weighted by atomic mass is 10.3. The number of hydrogen-bond donors (Lipinski definition) is 0. The van der Waals surface area contributed by atoms with Gasteiger partial charge in [-0.15, -0.1) is 0 Å². The maximum Gasteiger partial charge on any atom is 0.222 e. The Hall–Kier alpha value is -0.960. The van der Waals surface area contributed by atoms with E-state index in [-0.39, 0.29) is 0 Å². The second-order valence-electron chi connectivity index (χ2n) is 2.12. The molecule has 0 unspecified atom stereocenters. The zero-order chi connectivity index (χ0) is 9.23. The molecular formula is C10H14O2. The van der Waals surface area contributed by atoms with Gasteiger partial charge in [-0.05, 0) is 24.2 Å². The average molecular weight is 166 g/mol. The number of ether oxygens (including phenoxy) is 2. The van der Waals surface area contributed by atoms with Gasteiger partial charge in [-0.1, -0.05) is 12.8 Å². The molecule has 0 saturated heterocycles. The second-order valence-corrected chi connectivity index (χ2v) is 2.12. The van der Waals surface area contributed by atoms with Crippen molar-refractivity contribution in [2.75, 3.05) is 14.2 Å². The van der Waals surface area contributed by atoms with Gasteiger partial charge in [-0.3, -0.25) is 0 Å². The molecular weight excluding hydrogens is 152 g/mol. The van der Waals surface area contributed by atoms with Crippen LogP contribution in [-0.4, -0.2) is 20.5 Å². The Labute approximate surface area is 74.2 Å². The number of hydrogen-bond acceptors (Lipinski definition) is 2. The van der Waals surface area contributed by atoms with Gasteiger partial charge < -0.3 is 9.47 Å².